The van der Waals surface area contributed by atoms with Crippen LogP contribution >= 0.6 is 11.3 Å². The van der Waals surface area contributed by atoms with Crippen LogP contribution in [0.5, 0.6) is 0 Å². The first kappa shape index (κ1) is 21.1. The van der Waals surface area contributed by atoms with E-state index in [9.17, 15) is 18.4 Å². The van der Waals surface area contributed by atoms with Crippen LogP contribution in [0.25, 0.3) is 21.3 Å². The van der Waals surface area contributed by atoms with Gasteiger partial charge in [-0.3, -0.25) is 14.3 Å². The molecule has 0 spiro atoms. The molecule has 0 fully saturated rings. The smallest absolute Gasteiger partial charge is 0.408 e. The summed E-state index contributed by atoms with van der Waals surface area (Å²) in [5.74, 6) is -2.52. The molecule has 0 aliphatic heterocycles. The van der Waals surface area contributed by atoms with Gasteiger partial charge in [-0.05, 0) is 45.3 Å². The van der Waals surface area contributed by atoms with E-state index in [0.717, 1.165) is 17.4 Å². The lowest BCUT2D eigenvalue weighted by Gasteiger charge is -2.21. The lowest BCUT2D eigenvalue weighted by atomic mass is 10.3. The van der Waals surface area contributed by atoms with Crippen molar-refractivity contribution in [2.75, 3.05) is 32.1 Å². The average Bonchev–Trinajstić information content (AvgIpc) is 3.26. The number of carbonyl (C=O) groups is 1. The lowest BCUT2D eigenvalue weighted by molar-refractivity contribution is -0.119. The Morgan fingerprint density at radius 1 is 1.19 bits per heavy atom. The van der Waals surface area contributed by atoms with Gasteiger partial charge in [-0.2, -0.15) is 0 Å². The second-order valence-corrected chi connectivity index (χ2v) is 8.36. The van der Waals surface area contributed by atoms with Crippen molar-refractivity contribution in [2.24, 2.45) is 0 Å². The zero-order valence-electron chi connectivity index (χ0n) is 17.0. The topological polar surface area (TPSA) is 71.6 Å². The number of aromatic nitrogens is 2. The van der Waals surface area contributed by atoms with Crippen molar-refractivity contribution in [3.05, 3.63) is 58.6 Å². The number of para-hydroxylation sites is 2. The van der Waals surface area contributed by atoms with Crippen molar-refractivity contribution in [3.63, 3.8) is 0 Å². The molecule has 0 bridgehead atoms. The van der Waals surface area contributed by atoms with E-state index in [4.69, 9.17) is 4.42 Å². The summed E-state index contributed by atoms with van der Waals surface area (Å²) < 4.78 is 34.5. The molecule has 2 heterocycles. The molecule has 0 N–H and O–H groups in total. The number of amides is 1. The lowest BCUT2D eigenvalue weighted by Crippen LogP contribution is -2.37. The van der Waals surface area contributed by atoms with E-state index in [2.05, 4.69) is 4.98 Å². The Kier molecular flexibility index (Phi) is 5.84. The Bertz CT molecular complexity index is 1310. The highest BCUT2D eigenvalue weighted by Gasteiger charge is 2.23. The molecule has 162 valence electrons. The molecule has 2 aromatic carbocycles. The molecule has 4 aromatic rings. The van der Waals surface area contributed by atoms with Gasteiger partial charge >= 0.3 is 5.76 Å². The van der Waals surface area contributed by atoms with E-state index < -0.39 is 23.3 Å². The van der Waals surface area contributed by atoms with Gasteiger partial charge in [0.2, 0.25) is 5.91 Å². The Labute approximate surface area is 180 Å². The normalized spacial score (nSPS) is 11.6. The maximum atomic E-state index is 14.2. The van der Waals surface area contributed by atoms with Crippen molar-refractivity contribution < 1.29 is 18.0 Å². The molecule has 4 rings (SSSR count). The van der Waals surface area contributed by atoms with Crippen molar-refractivity contribution in [1.29, 1.82) is 0 Å². The summed E-state index contributed by atoms with van der Waals surface area (Å²) in [6, 6.07) is 8.78. The number of thiazole rings is 1. The van der Waals surface area contributed by atoms with Gasteiger partial charge in [-0.25, -0.2) is 18.6 Å². The number of rotatable bonds is 7. The molecule has 1 amide bonds. The van der Waals surface area contributed by atoms with Crippen LogP contribution in [0.4, 0.5) is 13.9 Å². The maximum absolute atomic E-state index is 14.2. The first-order valence-corrected chi connectivity index (χ1v) is 10.4. The van der Waals surface area contributed by atoms with Gasteiger partial charge in [-0.1, -0.05) is 23.5 Å². The zero-order valence-corrected chi connectivity index (χ0v) is 17.8. The summed E-state index contributed by atoms with van der Waals surface area (Å²) in [5.41, 5.74) is 0.904. The van der Waals surface area contributed by atoms with Crippen molar-refractivity contribution >= 4 is 43.7 Å². The SMILES string of the molecule is CN(C)CCCN(C(=O)Cn1c(=O)oc2ccccc21)c1nc2c(F)cc(F)cc2s1. The van der Waals surface area contributed by atoms with Crippen LogP contribution in [0, 0.1) is 11.6 Å². The molecular formula is C21H20F2N4O3S. The van der Waals surface area contributed by atoms with E-state index in [-0.39, 0.29) is 17.2 Å². The van der Waals surface area contributed by atoms with Crippen molar-refractivity contribution in [1.82, 2.24) is 14.5 Å². The predicted molar refractivity (Wildman–Crippen MR) is 116 cm³/mol. The first-order chi connectivity index (χ1) is 14.8. The fourth-order valence-electron chi connectivity index (χ4n) is 3.32. The first-order valence-electron chi connectivity index (χ1n) is 9.62. The van der Waals surface area contributed by atoms with Gasteiger partial charge < -0.3 is 9.32 Å². The van der Waals surface area contributed by atoms with Crippen LogP contribution < -0.4 is 10.7 Å². The molecule has 31 heavy (non-hydrogen) atoms. The molecule has 10 heteroatoms. The largest absolute Gasteiger partial charge is 0.420 e. The van der Waals surface area contributed by atoms with Crippen molar-refractivity contribution in [3.8, 4) is 0 Å². The third-order valence-electron chi connectivity index (χ3n) is 4.79. The third kappa shape index (κ3) is 4.35. The monoisotopic (exact) mass is 446 g/mol. The molecule has 0 saturated heterocycles. The van der Waals surface area contributed by atoms with E-state index in [1.165, 1.54) is 15.5 Å². The van der Waals surface area contributed by atoms with Crippen LogP contribution in [-0.2, 0) is 11.3 Å². The van der Waals surface area contributed by atoms with Gasteiger partial charge in [0.05, 0.1) is 10.2 Å². The van der Waals surface area contributed by atoms with Crippen LogP contribution in [0.15, 0.2) is 45.6 Å². The molecule has 7 nitrogen and oxygen atoms in total. The van der Waals surface area contributed by atoms with Gasteiger partial charge in [0.1, 0.15) is 17.9 Å². The fourth-order valence-corrected chi connectivity index (χ4v) is 4.37. The highest BCUT2D eigenvalue weighted by atomic mass is 32.1. The minimum Gasteiger partial charge on any atom is -0.408 e. The van der Waals surface area contributed by atoms with Gasteiger partial charge in [-0.15, -0.1) is 0 Å². The number of halogens is 2. The van der Waals surface area contributed by atoms with E-state index >= 15 is 0 Å². The van der Waals surface area contributed by atoms with Gasteiger partial charge in [0.25, 0.3) is 0 Å². The highest BCUT2D eigenvalue weighted by Crippen LogP contribution is 2.31. The van der Waals surface area contributed by atoms with Crippen LogP contribution in [0.1, 0.15) is 6.42 Å². The quantitative estimate of drug-likeness (QED) is 0.435. The Morgan fingerprint density at radius 2 is 1.97 bits per heavy atom. The number of carbonyl (C=O) groups excluding carboxylic acids is 1. The molecule has 0 aliphatic carbocycles. The summed E-state index contributed by atoms with van der Waals surface area (Å²) in [6.07, 6.45) is 0.631. The second-order valence-electron chi connectivity index (χ2n) is 7.35. The molecule has 0 unspecified atom stereocenters. The number of nitrogens with zero attached hydrogens (tertiary/aromatic N) is 4. The number of oxazole rings is 1. The Balaban J connectivity index is 1.69. The maximum Gasteiger partial charge on any atom is 0.420 e. The van der Waals surface area contributed by atoms with Crippen LogP contribution in [0.3, 0.4) is 0 Å². The number of anilines is 1. The third-order valence-corrected chi connectivity index (χ3v) is 5.81. The molecule has 0 radical (unpaired) electrons. The summed E-state index contributed by atoms with van der Waals surface area (Å²) in [4.78, 5) is 33.1. The number of benzene rings is 2. The van der Waals surface area contributed by atoms with Gasteiger partial charge in [0, 0.05) is 12.6 Å². The Morgan fingerprint density at radius 3 is 2.74 bits per heavy atom. The van der Waals surface area contributed by atoms with E-state index in [1.807, 2.05) is 19.0 Å². The van der Waals surface area contributed by atoms with Crippen LogP contribution in [-0.4, -0.2) is 47.5 Å². The highest BCUT2D eigenvalue weighted by molar-refractivity contribution is 7.22. The second kappa shape index (κ2) is 8.56. The number of hydrogen-bond donors (Lipinski definition) is 0. The van der Waals surface area contributed by atoms with Crippen LogP contribution in [0.2, 0.25) is 0 Å². The summed E-state index contributed by atoms with van der Waals surface area (Å²) in [5, 5.41) is 0.254. The molecule has 2 aromatic heterocycles. The van der Waals surface area contributed by atoms with Gasteiger partial charge in [0.15, 0.2) is 16.5 Å². The molecule has 0 atom stereocenters. The van der Waals surface area contributed by atoms with E-state index in [0.29, 0.717) is 35.3 Å². The molecular weight excluding hydrogens is 426 g/mol. The minimum atomic E-state index is -0.782. The Hall–Kier alpha value is -3.11. The predicted octanol–water partition coefficient (Wildman–Crippen LogP) is 3.47. The van der Waals surface area contributed by atoms with E-state index in [1.54, 1.807) is 24.3 Å². The van der Waals surface area contributed by atoms with Crippen molar-refractivity contribution in [2.45, 2.75) is 13.0 Å². The molecule has 0 aliphatic rings. The summed E-state index contributed by atoms with van der Waals surface area (Å²) in [6.45, 7) is 0.766. The standard InChI is InChI=1S/C21H20F2N4O3S/c1-25(2)8-5-9-26(20-24-19-14(23)10-13(22)11-17(19)31-20)18(28)12-27-15-6-3-4-7-16(15)30-21(27)29/h3-4,6-7,10-11H,5,8-9,12H2,1-2H3. The summed E-state index contributed by atoms with van der Waals surface area (Å²) >= 11 is 1.03. The number of hydrogen-bond acceptors (Lipinski definition) is 6. The zero-order chi connectivity index (χ0) is 22.1. The molecule has 0 saturated carbocycles. The number of fused-ring (bicyclic) bond motifs is 2. The summed E-state index contributed by atoms with van der Waals surface area (Å²) in [7, 11) is 3.83. The average molecular weight is 446 g/mol. The minimum absolute atomic E-state index is 0.0118. The fraction of sp³-hybridized carbons (Fsp3) is 0.286.